The van der Waals surface area contributed by atoms with Crippen LogP contribution in [0.2, 0.25) is 5.02 Å². The summed E-state index contributed by atoms with van der Waals surface area (Å²) in [5, 5.41) is 3.33. The highest BCUT2D eigenvalue weighted by atomic mass is 35.5. The van der Waals surface area contributed by atoms with Gasteiger partial charge in [0.1, 0.15) is 5.82 Å². The van der Waals surface area contributed by atoms with Gasteiger partial charge in [-0.15, -0.1) is 0 Å². The van der Waals surface area contributed by atoms with E-state index in [1.807, 2.05) is 13.0 Å². The molecule has 1 N–H and O–H groups in total. The minimum atomic E-state index is -0.354. The van der Waals surface area contributed by atoms with Gasteiger partial charge in [-0.25, -0.2) is 4.39 Å². The summed E-state index contributed by atoms with van der Waals surface area (Å²) in [5.41, 5.74) is 2.61. The molecule has 0 fully saturated rings. The van der Waals surface area contributed by atoms with Crippen LogP contribution in [0.25, 0.3) is 0 Å². The lowest BCUT2D eigenvalue weighted by Gasteiger charge is -2.10. The Labute approximate surface area is 116 Å². The zero-order chi connectivity index (χ0) is 14.0. The number of hydrogen-bond donors (Lipinski definition) is 1. The molecule has 0 aliphatic rings. The van der Waals surface area contributed by atoms with Crippen LogP contribution in [0.15, 0.2) is 36.4 Å². The van der Waals surface area contributed by atoms with Crippen molar-refractivity contribution in [1.29, 1.82) is 0 Å². The first kappa shape index (κ1) is 13.6. The van der Waals surface area contributed by atoms with Crippen LogP contribution >= 0.6 is 11.6 Å². The molecule has 2 aromatic rings. The molecule has 4 heteroatoms. The van der Waals surface area contributed by atoms with Crippen LogP contribution < -0.4 is 5.32 Å². The Bertz CT molecular complexity index is 640. The molecular formula is C15H13ClFNO. The van der Waals surface area contributed by atoms with Gasteiger partial charge in [0.25, 0.3) is 5.91 Å². The molecule has 0 saturated heterocycles. The fourth-order valence-electron chi connectivity index (χ4n) is 1.80. The van der Waals surface area contributed by atoms with E-state index in [9.17, 15) is 9.18 Å². The minimum absolute atomic E-state index is 0.275. The predicted octanol–water partition coefficient (Wildman–Crippen LogP) is 4.35. The van der Waals surface area contributed by atoms with Crippen molar-refractivity contribution in [2.45, 2.75) is 13.8 Å². The molecule has 2 aromatic carbocycles. The molecule has 0 radical (unpaired) electrons. The highest BCUT2D eigenvalue weighted by molar-refractivity contribution is 6.31. The van der Waals surface area contributed by atoms with Crippen LogP contribution in [-0.4, -0.2) is 5.91 Å². The van der Waals surface area contributed by atoms with Crippen molar-refractivity contribution in [3.05, 3.63) is 63.9 Å². The number of carbonyl (C=O) groups is 1. The van der Waals surface area contributed by atoms with Crippen molar-refractivity contribution in [2.24, 2.45) is 0 Å². The number of halogens is 2. The van der Waals surface area contributed by atoms with Gasteiger partial charge in [-0.1, -0.05) is 17.7 Å². The molecule has 2 nitrogen and oxygen atoms in total. The molecule has 98 valence electrons. The van der Waals surface area contributed by atoms with Crippen molar-refractivity contribution in [1.82, 2.24) is 0 Å². The number of anilines is 1. The molecule has 2 rings (SSSR count). The maximum Gasteiger partial charge on any atom is 0.255 e. The van der Waals surface area contributed by atoms with Gasteiger partial charge in [0.15, 0.2) is 0 Å². The lowest BCUT2D eigenvalue weighted by molar-refractivity contribution is 0.102. The smallest absolute Gasteiger partial charge is 0.255 e. The molecule has 0 saturated carbocycles. The monoisotopic (exact) mass is 277 g/mol. The van der Waals surface area contributed by atoms with E-state index >= 15 is 0 Å². The van der Waals surface area contributed by atoms with E-state index in [0.717, 1.165) is 5.56 Å². The molecule has 0 spiro atoms. The van der Waals surface area contributed by atoms with E-state index in [0.29, 0.717) is 21.8 Å². The number of carbonyl (C=O) groups excluding carboxylic acids is 1. The second-order valence-corrected chi connectivity index (χ2v) is 4.81. The Balaban J connectivity index is 2.28. The van der Waals surface area contributed by atoms with Gasteiger partial charge < -0.3 is 5.32 Å². The molecule has 0 aromatic heterocycles. The van der Waals surface area contributed by atoms with Crippen molar-refractivity contribution < 1.29 is 9.18 Å². The Morgan fingerprint density at radius 1 is 1.11 bits per heavy atom. The van der Waals surface area contributed by atoms with Crippen molar-refractivity contribution in [3.63, 3.8) is 0 Å². The SMILES string of the molecule is Cc1ccc(Cl)cc1NC(=O)c1ccc(F)cc1C. The van der Waals surface area contributed by atoms with Crippen LogP contribution in [-0.2, 0) is 0 Å². The Morgan fingerprint density at radius 3 is 2.53 bits per heavy atom. The number of amides is 1. The first-order chi connectivity index (χ1) is 8.97. The van der Waals surface area contributed by atoms with Crippen molar-refractivity contribution >= 4 is 23.2 Å². The standard InChI is InChI=1S/C15H13ClFNO/c1-9-3-4-11(16)8-14(9)18-15(19)13-6-5-12(17)7-10(13)2/h3-8H,1-2H3,(H,18,19). The average Bonchev–Trinajstić information content (AvgIpc) is 2.33. The van der Waals surface area contributed by atoms with E-state index in [1.165, 1.54) is 18.2 Å². The van der Waals surface area contributed by atoms with Gasteiger partial charge in [0.05, 0.1) is 0 Å². The van der Waals surface area contributed by atoms with E-state index in [-0.39, 0.29) is 11.7 Å². The number of hydrogen-bond acceptors (Lipinski definition) is 1. The van der Waals surface area contributed by atoms with E-state index in [2.05, 4.69) is 5.32 Å². The summed E-state index contributed by atoms with van der Waals surface area (Å²) in [6.07, 6.45) is 0. The van der Waals surface area contributed by atoms with Crippen LogP contribution in [0.3, 0.4) is 0 Å². The fourth-order valence-corrected chi connectivity index (χ4v) is 1.97. The topological polar surface area (TPSA) is 29.1 Å². The largest absolute Gasteiger partial charge is 0.322 e. The Kier molecular flexibility index (Phi) is 3.86. The van der Waals surface area contributed by atoms with E-state index in [4.69, 9.17) is 11.6 Å². The normalized spacial score (nSPS) is 10.3. The highest BCUT2D eigenvalue weighted by Crippen LogP contribution is 2.21. The molecule has 1 amide bonds. The van der Waals surface area contributed by atoms with E-state index < -0.39 is 0 Å². The van der Waals surface area contributed by atoms with Gasteiger partial charge in [0.2, 0.25) is 0 Å². The van der Waals surface area contributed by atoms with Gasteiger partial charge in [0, 0.05) is 16.3 Å². The quantitative estimate of drug-likeness (QED) is 0.869. The summed E-state index contributed by atoms with van der Waals surface area (Å²) in [7, 11) is 0. The third kappa shape index (κ3) is 3.12. The number of benzene rings is 2. The second kappa shape index (κ2) is 5.41. The molecule has 0 unspecified atom stereocenters. The molecule has 0 aliphatic carbocycles. The van der Waals surface area contributed by atoms with E-state index in [1.54, 1.807) is 19.1 Å². The Hall–Kier alpha value is -1.87. The fraction of sp³-hybridized carbons (Fsp3) is 0.133. The van der Waals surface area contributed by atoms with Crippen LogP contribution in [0.4, 0.5) is 10.1 Å². The molecule has 0 atom stereocenters. The predicted molar refractivity (Wildman–Crippen MR) is 75.3 cm³/mol. The second-order valence-electron chi connectivity index (χ2n) is 4.37. The average molecular weight is 278 g/mol. The summed E-state index contributed by atoms with van der Waals surface area (Å²) in [6, 6.07) is 9.35. The van der Waals surface area contributed by atoms with Crippen molar-refractivity contribution in [3.8, 4) is 0 Å². The lowest BCUT2D eigenvalue weighted by atomic mass is 10.1. The third-order valence-corrected chi connectivity index (χ3v) is 3.12. The summed E-state index contributed by atoms with van der Waals surface area (Å²) >= 11 is 5.90. The number of aryl methyl sites for hydroxylation is 2. The molecule has 0 bridgehead atoms. The summed E-state index contributed by atoms with van der Waals surface area (Å²) in [6.45, 7) is 3.58. The molecule has 0 heterocycles. The summed E-state index contributed by atoms with van der Waals surface area (Å²) < 4.78 is 13.0. The molecule has 19 heavy (non-hydrogen) atoms. The van der Waals surface area contributed by atoms with Gasteiger partial charge in [-0.05, 0) is 55.3 Å². The van der Waals surface area contributed by atoms with Gasteiger partial charge in [-0.2, -0.15) is 0 Å². The molecule has 0 aliphatic heterocycles. The summed E-state index contributed by atoms with van der Waals surface area (Å²) in [5.74, 6) is -0.629. The zero-order valence-corrected chi connectivity index (χ0v) is 11.4. The first-order valence-corrected chi connectivity index (χ1v) is 6.19. The van der Waals surface area contributed by atoms with Crippen LogP contribution in [0.5, 0.6) is 0 Å². The zero-order valence-electron chi connectivity index (χ0n) is 10.6. The number of rotatable bonds is 2. The van der Waals surface area contributed by atoms with Gasteiger partial charge >= 0.3 is 0 Å². The maximum atomic E-state index is 13.0. The lowest BCUT2D eigenvalue weighted by Crippen LogP contribution is -2.14. The Morgan fingerprint density at radius 2 is 1.84 bits per heavy atom. The van der Waals surface area contributed by atoms with Gasteiger partial charge in [-0.3, -0.25) is 4.79 Å². The third-order valence-electron chi connectivity index (χ3n) is 2.88. The first-order valence-electron chi connectivity index (χ1n) is 5.81. The number of nitrogens with one attached hydrogen (secondary N) is 1. The van der Waals surface area contributed by atoms with Crippen molar-refractivity contribution in [2.75, 3.05) is 5.32 Å². The minimum Gasteiger partial charge on any atom is -0.322 e. The van der Waals surface area contributed by atoms with Crippen LogP contribution in [0.1, 0.15) is 21.5 Å². The summed E-state index contributed by atoms with van der Waals surface area (Å²) in [4.78, 5) is 12.1. The molecular weight excluding hydrogens is 265 g/mol. The van der Waals surface area contributed by atoms with Crippen LogP contribution in [0, 0.1) is 19.7 Å². The maximum absolute atomic E-state index is 13.0. The highest BCUT2D eigenvalue weighted by Gasteiger charge is 2.11.